The average molecular weight is 343 g/mol. The minimum atomic E-state index is -0.353. The van der Waals surface area contributed by atoms with Crippen molar-refractivity contribution in [3.05, 3.63) is 29.1 Å². The number of imidazole rings is 1. The number of likely N-dealkylation sites (tertiary alicyclic amines) is 1. The Labute approximate surface area is 147 Å². The molecule has 1 aromatic heterocycles. The van der Waals surface area contributed by atoms with E-state index in [0.717, 1.165) is 41.8 Å². The molecule has 1 aliphatic heterocycles. The van der Waals surface area contributed by atoms with Gasteiger partial charge in [0.1, 0.15) is 5.82 Å². The van der Waals surface area contributed by atoms with E-state index < -0.39 is 0 Å². The third-order valence-electron chi connectivity index (χ3n) is 4.91. The Morgan fingerprint density at radius 3 is 2.96 bits per heavy atom. The first kappa shape index (κ1) is 17.4. The normalized spacial score (nSPS) is 18.4. The molecule has 1 aliphatic rings. The lowest BCUT2D eigenvalue weighted by atomic mass is 9.97. The van der Waals surface area contributed by atoms with Crippen LogP contribution in [-0.2, 0) is 16.1 Å². The Morgan fingerprint density at radius 2 is 2.20 bits per heavy atom. The molecule has 7 heteroatoms. The summed E-state index contributed by atoms with van der Waals surface area (Å²) >= 11 is 0. The van der Waals surface area contributed by atoms with Crippen molar-refractivity contribution < 1.29 is 9.59 Å². The van der Waals surface area contributed by atoms with Crippen molar-refractivity contribution in [3.63, 3.8) is 0 Å². The van der Waals surface area contributed by atoms with Crippen LogP contribution in [0.3, 0.4) is 0 Å². The molecule has 0 radical (unpaired) electrons. The molecule has 2 heterocycles. The van der Waals surface area contributed by atoms with Crippen molar-refractivity contribution >= 4 is 22.8 Å². The summed E-state index contributed by atoms with van der Waals surface area (Å²) in [6.45, 7) is 6.09. The highest BCUT2D eigenvalue weighted by Crippen LogP contribution is 2.20. The molecule has 0 bridgehead atoms. The fourth-order valence-electron chi connectivity index (χ4n) is 3.40. The van der Waals surface area contributed by atoms with Crippen LogP contribution in [0.1, 0.15) is 29.8 Å². The molecule has 25 heavy (non-hydrogen) atoms. The number of carbonyl (C=O) groups excluding carboxylic acids is 2. The van der Waals surface area contributed by atoms with Gasteiger partial charge in [-0.3, -0.25) is 14.5 Å². The van der Waals surface area contributed by atoms with Crippen molar-refractivity contribution in [1.82, 2.24) is 20.2 Å². The van der Waals surface area contributed by atoms with Crippen molar-refractivity contribution in [3.8, 4) is 0 Å². The second kappa shape index (κ2) is 7.23. The Bertz CT molecular complexity index is 798. The van der Waals surface area contributed by atoms with Crippen molar-refractivity contribution in [2.45, 2.75) is 33.2 Å². The molecular formula is C18H25N5O2. The first-order valence-corrected chi connectivity index (χ1v) is 8.67. The average Bonchev–Trinajstić information content (AvgIpc) is 3.00. The molecule has 0 aliphatic carbocycles. The van der Waals surface area contributed by atoms with Gasteiger partial charge in [-0.15, -0.1) is 0 Å². The summed E-state index contributed by atoms with van der Waals surface area (Å²) in [6, 6.07) is 4.08. The number of nitrogens with one attached hydrogen (secondary N) is 2. The van der Waals surface area contributed by atoms with Crippen LogP contribution >= 0.6 is 0 Å². The first-order chi connectivity index (χ1) is 11.9. The molecular weight excluding hydrogens is 318 g/mol. The minimum Gasteiger partial charge on any atom is -0.369 e. The molecule has 0 spiro atoms. The van der Waals surface area contributed by atoms with Gasteiger partial charge in [0.05, 0.1) is 30.0 Å². The van der Waals surface area contributed by atoms with E-state index in [9.17, 15) is 9.59 Å². The van der Waals surface area contributed by atoms with Crippen LogP contribution in [0.5, 0.6) is 0 Å². The number of aryl methyl sites for hydroxylation is 2. The number of amides is 2. The second-order valence-electron chi connectivity index (χ2n) is 6.85. The molecule has 0 saturated carbocycles. The lowest BCUT2D eigenvalue weighted by Crippen LogP contribution is -2.45. The van der Waals surface area contributed by atoms with E-state index in [1.807, 2.05) is 11.0 Å². The Morgan fingerprint density at radius 1 is 1.40 bits per heavy atom. The van der Waals surface area contributed by atoms with Crippen LogP contribution in [0.2, 0.25) is 0 Å². The standard InChI is InChI=1S/C18H25N5O2/c1-11-5-6-14-17(12(11)2)22-16(21-14)8-20-18(25)13-4-3-7-23(9-13)10-15(19)24/h5-6,13H,3-4,7-10H2,1-2H3,(H2,19,24)(H,20,25)(H,21,22). The molecule has 1 unspecified atom stereocenters. The molecule has 1 saturated heterocycles. The van der Waals surface area contributed by atoms with Crippen LogP contribution in [0.25, 0.3) is 11.0 Å². The zero-order valence-electron chi connectivity index (χ0n) is 14.8. The number of H-pyrrole nitrogens is 1. The maximum atomic E-state index is 12.4. The fourth-order valence-corrected chi connectivity index (χ4v) is 3.40. The quantitative estimate of drug-likeness (QED) is 0.753. The lowest BCUT2D eigenvalue weighted by Gasteiger charge is -2.30. The highest BCUT2D eigenvalue weighted by Gasteiger charge is 2.26. The Hall–Kier alpha value is -2.41. The molecule has 4 N–H and O–H groups in total. The van der Waals surface area contributed by atoms with Crippen LogP contribution < -0.4 is 11.1 Å². The molecule has 3 rings (SSSR count). The van der Waals surface area contributed by atoms with E-state index in [1.165, 1.54) is 5.56 Å². The summed E-state index contributed by atoms with van der Waals surface area (Å²) in [4.78, 5) is 33.3. The van der Waals surface area contributed by atoms with Crippen LogP contribution in [-0.4, -0.2) is 46.3 Å². The number of primary amides is 1. The van der Waals surface area contributed by atoms with Gasteiger partial charge in [-0.2, -0.15) is 0 Å². The van der Waals surface area contributed by atoms with Gasteiger partial charge in [-0.1, -0.05) is 6.07 Å². The van der Waals surface area contributed by atoms with E-state index in [-0.39, 0.29) is 24.3 Å². The zero-order valence-corrected chi connectivity index (χ0v) is 14.8. The lowest BCUT2D eigenvalue weighted by molar-refractivity contribution is -0.128. The van der Waals surface area contributed by atoms with Gasteiger partial charge >= 0.3 is 0 Å². The number of benzene rings is 1. The monoisotopic (exact) mass is 343 g/mol. The number of nitrogens with two attached hydrogens (primary N) is 1. The molecule has 2 amide bonds. The molecule has 2 aromatic rings. The van der Waals surface area contributed by atoms with Gasteiger partial charge in [-0.25, -0.2) is 4.98 Å². The van der Waals surface area contributed by atoms with Gasteiger partial charge in [-0.05, 0) is 50.4 Å². The van der Waals surface area contributed by atoms with E-state index in [2.05, 4.69) is 35.2 Å². The third kappa shape index (κ3) is 3.99. The summed E-state index contributed by atoms with van der Waals surface area (Å²) in [6.07, 6.45) is 1.73. The van der Waals surface area contributed by atoms with Crippen LogP contribution in [0.4, 0.5) is 0 Å². The number of carbonyl (C=O) groups is 2. The number of fused-ring (bicyclic) bond motifs is 1. The molecule has 1 aromatic carbocycles. The largest absolute Gasteiger partial charge is 0.369 e. The number of aromatic amines is 1. The number of hydrogen-bond donors (Lipinski definition) is 3. The highest BCUT2D eigenvalue weighted by molar-refractivity contribution is 5.81. The number of hydrogen-bond acceptors (Lipinski definition) is 4. The predicted molar refractivity (Wildman–Crippen MR) is 95.8 cm³/mol. The SMILES string of the molecule is Cc1ccc2[nH]c(CNC(=O)C3CCCN(CC(N)=O)C3)nc2c1C. The molecule has 7 nitrogen and oxygen atoms in total. The molecule has 1 atom stereocenters. The summed E-state index contributed by atoms with van der Waals surface area (Å²) < 4.78 is 0. The smallest absolute Gasteiger partial charge is 0.231 e. The Balaban J connectivity index is 1.60. The van der Waals surface area contributed by atoms with Gasteiger partial charge in [0, 0.05) is 6.54 Å². The summed E-state index contributed by atoms with van der Waals surface area (Å²) in [5.41, 5.74) is 9.54. The van der Waals surface area contributed by atoms with Gasteiger partial charge in [0.2, 0.25) is 11.8 Å². The summed E-state index contributed by atoms with van der Waals surface area (Å²) in [7, 11) is 0. The van der Waals surface area contributed by atoms with E-state index in [4.69, 9.17) is 5.73 Å². The second-order valence-corrected chi connectivity index (χ2v) is 6.85. The topological polar surface area (TPSA) is 104 Å². The summed E-state index contributed by atoms with van der Waals surface area (Å²) in [5, 5.41) is 2.96. The van der Waals surface area contributed by atoms with Crippen molar-refractivity contribution in [1.29, 1.82) is 0 Å². The van der Waals surface area contributed by atoms with Gasteiger partial charge < -0.3 is 16.0 Å². The van der Waals surface area contributed by atoms with Gasteiger partial charge in [0.15, 0.2) is 0 Å². The van der Waals surface area contributed by atoms with Crippen LogP contribution in [0.15, 0.2) is 12.1 Å². The fraction of sp³-hybridized carbons (Fsp3) is 0.500. The number of aromatic nitrogens is 2. The Kier molecular flexibility index (Phi) is 5.03. The molecule has 134 valence electrons. The van der Waals surface area contributed by atoms with Crippen LogP contribution in [0, 0.1) is 19.8 Å². The van der Waals surface area contributed by atoms with E-state index in [0.29, 0.717) is 13.1 Å². The molecule has 1 fully saturated rings. The number of piperidine rings is 1. The number of nitrogens with zero attached hydrogens (tertiary/aromatic N) is 2. The number of rotatable bonds is 5. The van der Waals surface area contributed by atoms with E-state index >= 15 is 0 Å². The van der Waals surface area contributed by atoms with Gasteiger partial charge in [0.25, 0.3) is 0 Å². The van der Waals surface area contributed by atoms with E-state index in [1.54, 1.807) is 0 Å². The third-order valence-corrected chi connectivity index (χ3v) is 4.91. The first-order valence-electron chi connectivity index (χ1n) is 8.67. The van der Waals surface area contributed by atoms with Crippen molar-refractivity contribution in [2.24, 2.45) is 11.7 Å². The minimum absolute atomic E-state index is 0.00234. The predicted octanol–water partition coefficient (Wildman–Crippen LogP) is 0.993. The summed E-state index contributed by atoms with van der Waals surface area (Å²) in [5.74, 6) is 0.292. The maximum Gasteiger partial charge on any atom is 0.231 e. The highest BCUT2D eigenvalue weighted by atomic mass is 16.2. The van der Waals surface area contributed by atoms with Crippen molar-refractivity contribution in [2.75, 3.05) is 19.6 Å². The maximum absolute atomic E-state index is 12.4. The zero-order chi connectivity index (χ0) is 18.0.